The van der Waals surface area contributed by atoms with Crippen molar-refractivity contribution >= 4 is 16.1 Å². The van der Waals surface area contributed by atoms with Gasteiger partial charge < -0.3 is 11.5 Å². The number of urea groups is 1. The molecule has 6 nitrogen and oxygen atoms in total. The smallest absolute Gasteiger partial charge is 0.328 e. The summed E-state index contributed by atoms with van der Waals surface area (Å²) >= 11 is 0. The van der Waals surface area contributed by atoms with Crippen molar-refractivity contribution in [1.29, 1.82) is 0 Å². The Morgan fingerprint density at radius 1 is 1.25 bits per heavy atom. The van der Waals surface area contributed by atoms with E-state index < -0.39 is 16.1 Å². The molecule has 0 heterocycles. The monoisotopic (exact) mass is 243 g/mol. The zero-order chi connectivity index (χ0) is 12.2. The van der Waals surface area contributed by atoms with Crippen molar-refractivity contribution in [2.75, 3.05) is 13.1 Å². The Balaban J connectivity index is 3.14. The third-order valence-electron chi connectivity index (χ3n) is 1.91. The molecule has 16 heavy (non-hydrogen) atoms. The molecule has 2 amide bonds. The summed E-state index contributed by atoms with van der Waals surface area (Å²) < 4.78 is 24.4. The minimum atomic E-state index is -3.88. The molecule has 0 aliphatic carbocycles. The third-order valence-corrected chi connectivity index (χ3v) is 3.72. The van der Waals surface area contributed by atoms with E-state index in [-0.39, 0.29) is 18.0 Å². The lowest BCUT2D eigenvalue weighted by atomic mass is 10.4. The van der Waals surface area contributed by atoms with Gasteiger partial charge in [0.1, 0.15) is 0 Å². The fraction of sp³-hybridized carbons (Fsp3) is 0.222. The van der Waals surface area contributed by atoms with Gasteiger partial charge >= 0.3 is 6.03 Å². The Labute approximate surface area is 93.9 Å². The van der Waals surface area contributed by atoms with Crippen LogP contribution in [0.1, 0.15) is 0 Å². The Bertz CT molecular complexity index is 458. The second-order valence-corrected chi connectivity index (χ2v) is 4.88. The van der Waals surface area contributed by atoms with Crippen LogP contribution in [0.2, 0.25) is 0 Å². The number of benzene rings is 1. The summed E-state index contributed by atoms with van der Waals surface area (Å²) in [6, 6.07) is 6.55. The first kappa shape index (κ1) is 12.5. The molecule has 0 radical (unpaired) electrons. The summed E-state index contributed by atoms with van der Waals surface area (Å²) in [5.74, 6) is 0. The number of sulfonamides is 1. The van der Waals surface area contributed by atoms with E-state index >= 15 is 0 Å². The highest BCUT2D eigenvalue weighted by Gasteiger charge is 2.26. The van der Waals surface area contributed by atoms with Crippen LogP contribution in [-0.2, 0) is 10.0 Å². The number of rotatable bonds is 4. The zero-order valence-corrected chi connectivity index (χ0v) is 9.35. The largest absolute Gasteiger partial charge is 0.351 e. The normalized spacial score (nSPS) is 11.1. The van der Waals surface area contributed by atoms with Gasteiger partial charge in [-0.15, -0.1) is 0 Å². The third kappa shape index (κ3) is 2.50. The SMILES string of the molecule is NCCN(C(N)=O)S(=O)(=O)c1ccccc1. The number of nitrogens with two attached hydrogens (primary N) is 2. The van der Waals surface area contributed by atoms with Gasteiger partial charge in [-0.2, -0.15) is 0 Å². The minimum Gasteiger partial charge on any atom is -0.351 e. The van der Waals surface area contributed by atoms with E-state index in [1.165, 1.54) is 12.1 Å². The molecule has 0 aliphatic heterocycles. The second-order valence-electron chi connectivity index (χ2n) is 3.02. The van der Waals surface area contributed by atoms with Crippen molar-refractivity contribution in [3.05, 3.63) is 30.3 Å². The van der Waals surface area contributed by atoms with Crippen molar-refractivity contribution in [2.24, 2.45) is 11.5 Å². The van der Waals surface area contributed by atoms with Crippen LogP contribution in [0.15, 0.2) is 35.2 Å². The predicted octanol–water partition coefficient (Wildman–Crippen LogP) is -0.285. The molecule has 0 atom stereocenters. The average molecular weight is 243 g/mol. The molecular weight excluding hydrogens is 230 g/mol. The molecule has 0 fully saturated rings. The van der Waals surface area contributed by atoms with Gasteiger partial charge in [0.05, 0.1) is 11.4 Å². The second kappa shape index (κ2) is 4.95. The Hall–Kier alpha value is -1.60. The zero-order valence-electron chi connectivity index (χ0n) is 8.54. The molecule has 0 spiro atoms. The van der Waals surface area contributed by atoms with Gasteiger partial charge in [0.25, 0.3) is 10.0 Å². The average Bonchev–Trinajstić information content (AvgIpc) is 2.26. The number of primary amides is 1. The van der Waals surface area contributed by atoms with Crippen LogP contribution >= 0.6 is 0 Å². The lowest BCUT2D eigenvalue weighted by molar-refractivity contribution is 0.232. The van der Waals surface area contributed by atoms with Crippen LogP contribution in [0.5, 0.6) is 0 Å². The summed E-state index contributed by atoms with van der Waals surface area (Å²) in [5, 5.41) is 0. The van der Waals surface area contributed by atoms with E-state index in [0.29, 0.717) is 4.31 Å². The van der Waals surface area contributed by atoms with Gasteiger partial charge in [-0.1, -0.05) is 18.2 Å². The molecule has 0 saturated carbocycles. The fourth-order valence-corrected chi connectivity index (χ4v) is 2.52. The van der Waals surface area contributed by atoms with Crippen LogP contribution < -0.4 is 11.5 Å². The quantitative estimate of drug-likeness (QED) is 0.758. The van der Waals surface area contributed by atoms with E-state index in [4.69, 9.17) is 11.5 Å². The summed E-state index contributed by atoms with van der Waals surface area (Å²) in [6.45, 7) is -0.110. The molecule has 0 bridgehead atoms. The number of nitrogens with zero attached hydrogens (tertiary/aromatic N) is 1. The molecule has 1 rings (SSSR count). The first-order valence-corrected chi connectivity index (χ1v) is 6.01. The predicted molar refractivity (Wildman–Crippen MR) is 59.0 cm³/mol. The van der Waals surface area contributed by atoms with Crippen molar-refractivity contribution in [1.82, 2.24) is 4.31 Å². The van der Waals surface area contributed by atoms with Crippen LogP contribution in [-0.4, -0.2) is 31.8 Å². The minimum absolute atomic E-state index is 0.0160. The molecule has 0 aliphatic rings. The van der Waals surface area contributed by atoms with Gasteiger partial charge in [0, 0.05) is 6.54 Å². The van der Waals surface area contributed by atoms with E-state index in [1.807, 2.05) is 0 Å². The topological polar surface area (TPSA) is 106 Å². The first-order chi connectivity index (χ1) is 7.50. The van der Waals surface area contributed by atoms with E-state index in [2.05, 4.69) is 0 Å². The molecular formula is C9H13N3O3S. The maximum absolute atomic E-state index is 11.9. The Kier molecular flexibility index (Phi) is 3.86. The maximum atomic E-state index is 11.9. The van der Waals surface area contributed by atoms with Crippen LogP contribution in [0.4, 0.5) is 4.79 Å². The number of carbonyl (C=O) groups excluding carboxylic acids is 1. The summed E-state index contributed by atoms with van der Waals surface area (Å²) in [6.07, 6.45) is 0. The fourth-order valence-electron chi connectivity index (χ4n) is 1.19. The van der Waals surface area contributed by atoms with Crippen LogP contribution in [0.3, 0.4) is 0 Å². The molecule has 1 aromatic carbocycles. The Morgan fingerprint density at radius 3 is 2.25 bits per heavy atom. The first-order valence-electron chi connectivity index (χ1n) is 4.57. The van der Waals surface area contributed by atoms with Gasteiger partial charge in [0.2, 0.25) is 0 Å². The van der Waals surface area contributed by atoms with Gasteiger partial charge in [0.15, 0.2) is 0 Å². The number of carbonyl (C=O) groups is 1. The van der Waals surface area contributed by atoms with E-state index in [0.717, 1.165) is 0 Å². The summed E-state index contributed by atoms with van der Waals surface area (Å²) in [5.41, 5.74) is 10.2. The van der Waals surface area contributed by atoms with Gasteiger partial charge in [-0.05, 0) is 12.1 Å². The highest BCUT2D eigenvalue weighted by atomic mass is 32.2. The van der Waals surface area contributed by atoms with Gasteiger partial charge in [-0.25, -0.2) is 17.5 Å². The molecule has 4 N–H and O–H groups in total. The highest BCUT2D eigenvalue weighted by molar-refractivity contribution is 7.89. The molecule has 0 unspecified atom stereocenters. The highest BCUT2D eigenvalue weighted by Crippen LogP contribution is 2.14. The molecule has 88 valence electrons. The van der Waals surface area contributed by atoms with Crippen molar-refractivity contribution in [3.63, 3.8) is 0 Å². The van der Waals surface area contributed by atoms with Crippen molar-refractivity contribution < 1.29 is 13.2 Å². The summed E-state index contributed by atoms with van der Waals surface area (Å²) in [7, 11) is -3.88. The van der Waals surface area contributed by atoms with Crippen molar-refractivity contribution in [3.8, 4) is 0 Å². The standard InChI is InChI=1S/C9H13N3O3S/c10-6-7-12(9(11)13)16(14,15)8-4-2-1-3-5-8/h1-5H,6-7,10H2,(H2,11,13). The van der Waals surface area contributed by atoms with Crippen LogP contribution in [0.25, 0.3) is 0 Å². The van der Waals surface area contributed by atoms with Crippen LogP contribution in [0, 0.1) is 0 Å². The molecule has 1 aromatic rings. The number of amides is 2. The molecule has 0 saturated heterocycles. The molecule has 0 aromatic heterocycles. The lowest BCUT2D eigenvalue weighted by Crippen LogP contribution is -2.43. The van der Waals surface area contributed by atoms with Crippen molar-refractivity contribution in [2.45, 2.75) is 4.90 Å². The summed E-state index contributed by atoms with van der Waals surface area (Å²) in [4.78, 5) is 11.0. The maximum Gasteiger partial charge on any atom is 0.328 e. The number of hydrogen-bond acceptors (Lipinski definition) is 4. The van der Waals surface area contributed by atoms with E-state index in [1.54, 1.807) is 18.2 Å². The molecule has 7 heteroatoms. The lowest BCUT2D eigenvalue weighted by Gasteiger charge is -2.19. The van der Waals surface area contributed by atoms with Gasteiger partial charge in [-0.3, -0.25) is 0 Å². The van der Waals surface area contributed by atoms with E-state index in [9.17, 15) is 13.2 Å². The Morgan fingerprint density at radius 2 is 1.81 bits per heavy atom. The number of hydrogen-bond donors (Lipinski definition) is 2.